The molecular weight excluding hydrogens is 255 g/mol. The standard InChI is InChI=1S/C15H15FN4/c1-10-7-12(3-4-13(10)16)14-8-18-15(19-14)9-20-6-5-17-11(20)2/h3-8H,9H2,1-2H3,(H,18,19). The summed E-state index contributed by atoms with van der Waals surface area (Å²) in [5.74, 6) is 1.60. The number of hydrogen-bond acceptors (Lipinski definition) is 2. The maximum atomic E-state index is 13.3. The Morgan fingerprint density at radius 3 is 2.80 bits per heavy atom. The molecule has 0 unspecified atom stereocenters. The van der Waals surface area contributed by atoms with Gasteiger partial charge in [0.2, 0.25) is 0 Å². The average Bonchev–Trinajstić information content (AvgIpc) is 3.04. The van der Waals surface area contributed by atoms with E-state index in [-0.39, 0.29) is 5.82 Å². The van der Waals surface area contributed by atoms with E-state index in [2.05, 4.69) is 15.0 Å². The van der Waals surface area contributed by atoms with Gasteiger partial charge < -0.3 is 9.55 Å². The molecule has 0 radical (unpaired) electrons. The van der Waals surface area contributed by atoms with Crippen molar-refractivity contribution in [1.82, 2.24) is 19.5 Å². The molecule has 0 aliphatic rings. The minimum absolute atomic E-state index is 0.192. The third kappa shape index (κ3) is 2.34. The average molecular weight is 270 g/mol. The molecule has 20 heavy (non-hydrogen) atoms. The number of aromatic nitrogens is 4. The zero-order valence-electron chi connectivity index (χ0n) is 11.4. The number of hydrogen-bond donors (Lipinski definition) is 1. The van der Waals surface area contributed by atoms with Crippen molar-refractivity contribution < 1.29 is 4.39 Å². The van der Waals surface area contributed by atoms with Gasteiger partial charge >= 0.3 is 0 Å². The minimum Gasteiger partial charge on any atom is -0.340 e. The fourth-order valence-electron chi connectivity index (χ4n) is 2.13. The molecule has 2 heterocycles. The van der Waals surface area contributed by atoms with Crippen molar-refractivity contribution in [3.63, 3.8) is 0 Å². The summed E-state index contributed by atoms with van der Waals surface area (Å²) in [7, 11) is 0. The van der Waals surface area contributed by atoms with Crippen LogP contribution in [0.4, 0.5) is 4.39 Å². The highest BCUT2D eigenvalue weighted by molar-refractivity contribution is 5.59. The Labute approximate surface area is 116 Å². The molecule has 0 amide bonds. The third-order valence-corrected chi connectivity index (χ3v) is 3.34. The van der Waals surface area contributed by atoms with Crippen molar-refractivity contribution in [2.24, 2.45) is 0 Å². The maximum absolute atomic E-state index is 13.3. The summed E-state index contributed by atoms with van der Waals surface area (Å²) in [6.07, 6.45) is 5.45. The highest BCUT2D eigenvalue weighted by Crippen LogP contribution is 2.20. The Hall–Kier alpha value is -2.43. The predicted molar refractivity (Wildman–Crippen MR) is 74.8 cm³/mol. The first-order valence-electron chi connectivity index (χ1n) is 6.41. The fourth-order valence-corrected chi connectivity index (χ4v) is 2.13. The quantitative estimate of drug-likeness (QED) is 0.795. The number of nitrogens with zero attached hydrogens (tertiary/aromatic N) is 3. The first-order chi connectivity index (χ1) is 9.63. The van der Waals surface area contributed by atoms with E-state index in [1.807, 2.05) is 23.8 Å². The van der Waals surface area contributed by atoms with E-state index in [9.17, 15) is 4.39 Å². The van der Waals surface area contributed by atoms with Crippen LogP contribution in [0, 0.1) is 19.7 Å². The van der Waals surface area contributed by atoms with Gasteiger partial charge in [0.25, 0.3) is 0 Å². The molecule has 3 rings (SSSR count). The van der Waals surface area contributed by atoms with Gasteiger partial charge in [-0.05, 0) is 37.6 Å². The Kier molecular flexibility index (Phi) is 3.10. The molecule has 4 nitrogen and oxygen atoms in total. The second-order valence-corrected chi connectivity index (χ2v) is 4.81. The van der Waals surface area contributed by atoms with E-state index < -0.39 is 0 Å². The Morgan fingerprint density at radius 2 is 2.10 bits per heavy atom. The van der Waals surface area contributed by atoms with Crippen LogP contribution in [-0.4, -0.2) is 19.5 Å². The molecule has 0 saturated carbocycles. The molecule has 2 aromatic heterocycles. The normalized spacial score (nSPS) is 10.9. The number of H-pyrrole nitrogens is 1. The number of halogens is 1. The van der Waals surface area contributed by atoms with Gasteiger partial charge in [0.1, 0.15) is 17.5 Å². The van der Waals surface area contributed by atoms with Crippen LogP contribution in [-0.2, 0) is 6.54 Å². The number of nitrogens with one attached hydrogen (secondary N) is 1. The van der Waals surface area contributed by atoms with Crippen LogP contribution in [0.1, 0.15) is 17.2 Å². The number of aryl methyl sites for hydroxylation is 2. The van der Waals surface area contributed by atoms with Gasteiger partial charge in [0.05, 0.1) is 18.4 Å². The number of imidazole rings is 2. The number of aromatic amines is 1. The Morgan fingerprint density at radius 1 is 1.25 bits per heavy atom. The predicted octanol–water partition coefficient (Wildman–Crippen LogP) is 3.08. The highest BCUT2D eigenvalue weighted by Gasteiger charge is 2.07. The molecule has 102 valence electrons. The summed E-state index contributed by atoms with van der Waals surface area (Å²) >= 11 is 0. The lowest BCUT2D eigenvalue weighted by Crippen LogP contribution is -2.02. The van der Waals surface area contributed by atoms with E-state index in [0.717, 1.165) is 22.9 Å². The van der Waals surface area contributed by atoms with E-state index in [1.54, 1.807) is 25.4 Å². The number of benzene rings is 1. The van der Waals surface area contributed by atoms with Gasteiger partial charge in [0.15, 0.2) is 0 Å². The molecule has 1 aromatic carbocycles. The molecule has 0 aliphatic carbocycles. The van der Waals surface area contributed by atoms with Gasteiger partial charge in [-0.1, -0.05) is 0 Å². The molecular formula is C15H15FN4. The Balaban J connectivity index is 1.86. The van der Waals surface area contributed by atoms with Crippen molar-refractivity contribution in [3.05, 3.63) is 59.8 Å². The second-order valence-electron chi connectivity index (χ2n) is 4.81. The van der Waals surface area contributed by atoms with Crippen molar-refractivity contribution in [2.75, 3.05) is 0 Å². The molecule has 1 N–H and O–H groups in total. The molecule has 0 fully saturated rings. The second kappa shape index (κ2) is 4.92. The van der Waals surface area contributed by atoms with Gasteiger partial charge in [0, 0.05) is 18.0 Å². The lowest BCUT2D eigenvalue weighted by Gasteiger charge is -2.02. The summed E-state index contributed by atoms with van der Waals surface area (Å²) in [5, 5.41) is 0. The zero-order valence-corrected chi connectivity index (χ0v) is 11.4. The smallest absolute Gasteiger partial charge is 0.126 e. The molecule has 5 heteroatoms. The summed E-state index contributed by atoms with van der Waals surface area (Å²) < 4.78 is 15.3. The van der Waals surface area contributed by atoms with Gasteiger partial charge in [-0.15, -0.1) is 0 Å². The van der Waals surface area contributed by atoms with Gasteiger partial charge in [-0.25, -0.2) is 14.4 Å². The SMILES string of the molecule is Cc1cc(-c2cnc(Cn3ccnc3C)[nH]2)ccc1F. The molecule has 0 aliphatic heterocycles. The van der Waals surface area contributed by atoms with Crippen molar-refractivity contribution >= 4 is 0 Å². The highest BCUT2D eigenvalue weighted by atomic mass is 19.1. The first-order valence-corrected chi connectivity index (χ1v) is 6.41. The molecule has 0 spiro atoms. The van der Waals surface area contributed by atoms with Crippen LogP contribution in [0.5, 0.6) is 0 Å². The fraction of sp³-hybridized carbons (Fsp3) is 0.200. The molecule has 0 atom stereocenters. The molecule has 3 aromatic rings. The topological polar surface area (TPSA) is 46.5 Å². The van der Waals surface area contributed by atoms with Crippen LogP contribution in [0.2, 0.25) is 0 Å². The summed E-state index contributed by atoms with van der Waals surface area (Å²) in [6, 6.07) is 5.04. The summed E-state index contributed by atoms with van der Waals surface area (Å²) in [4.78, 5) is 11.8. The van der Waals surface area contributed by atoms with E-state index in [4.69, 9.17) is 0 Å². The van der Waals surface area contributed by atoms with Crippen LogP contribution in [0.25, 0.3) is 11.3 Å². The van der Waals surface area contributed by atoms with Gasteiger partial charge in [-0.3, -0.25) is 0 Å². The van der Waals surface area contributed by atoms with E-state index in [1.165, 1.54) is 6.07 Å². The zero-order chi connectivity index (χ0) is 14.1. The largest absolute Gasteiger partial charge is 0.340 e. The first kappa shape index (κ1) is 12.6. The lowest BCUT2D eigenvalue weighted by atomic mass is 10.1. The summed E-state index contributed by atoms with van der Waals surface area (Å²) in [6.45, 7) is 4.35. The van der Waals surface area contributed by atoms with Crippen LogP contribution >= 0.6 is 0 Å². The monoisotopic (exact) mass is 270 g/mol. The van der Waals surface area contributed by atoms with E-state index in [0.29, 0.717) is 12.1 Å². The maximum Gasteiger partial charge on any atom is 0.126 e. The van der Waals surface area contributed by atoms with Crippen molar-refractivity contribution in [2.45, 2.75) is 20.4 Å². The molecule has 0 saturated heterocycles. The van der Waals surface area contributed by atoms with Crippen LogP contribution in [0.3, 0.4) is 0 Å². The van der Waals surface area contributed by atoms with Crippen LogP contribution < -0.4 is 0 Å². The summed E-state index contributed by atoms with van der Waals surface area (Å²) in [5.41, 5.74) is 2.45. The van der Waals surface area contributed by atoms with Crippen LogP contribution in [0.15, 0.2) is 36.8 Å². The van der Waals surface area contributed by atoms with Crippen molar-refractivity contribution in [3.8, 4) is 11.3 Å². The molecule has 0 bridgehead atoms. The van der Waals surface area contributed by atoms with E-state index >= 15 is 0 Å². The third-order valence-electron chi connectivity index (χ3n) is 3.34. The lowest BCUT2D eigenvalue weighted by molar-refractivity contribution is 0.619. The number of rotatable bonds is 3. The van der Waals surface area contributed by atoms with Gasteiger partial charge in [-0.2, -0.15) is 0 Å². The Bertz CT molecular complexity index is 742. The van der Waals surface area contributed by atoms with Crippen molar-refractivity contribution in [1.29, 1.82) is 0 Å². The minimum atomic E-state index is -0.192.